The van der Waals surface area contributed by atoms with Crippen molar-refractivity contribution in [1.29, 1.82) is 0 Å². The van der Waals surface area contributed by atoms with E-state index in [-0.39, 0.29) is 12.0 Å². The molecule has 2 aliphatic rings. The van der Waals surface area contributed by atoms with Gasteiger partial charge in [-0.1, -0.05) is 11.6 Å². The molecule has 0 aliphatic carbocycles. The Morgan fingerprint density at radius 3 is 2.85 bits per heavy atom. The predicted octanol–water partition coefficient (Wildman–Crippen LogP) is 2.53. The van der Waals surface area contributed by atoms with E-state index in [1.807, 2.05) is 24.3 Å². The summed E-state index contributed by atoms with van der Waals surface area (Å²) >= 11 is 5.91. The Hall–Kier alpha value is -1.26. The van der Waals surface area contributed by atoms with Gasteiger partial charge in [-0.3, -0.25) is 4.90 Å². The van der Waals surface area contributed by atoms with E-state index in [4.69, 9.17) is 16.3 Å². The Labute approximate surface area is 124 Å². The zero-order valence-electron chi connectivity index (χ0n) is 11.6. The minimum Gasteiger partial charge on any atom is -0.467 e. The zero-order valence-corrected chi connectivity index (χ0v) is 12.3. The second-order valence-electron chi connectivity index (χ2n) is 5.54. The number of anilines is 1. The number of methoxy groups -OCH3 is 1. The summed E-state index contributed by atoms with van der Waals surface area (Å²) in [6.45, 7) is 2.02. The topological polar surface area (TPSA) is 41.6 Å². The largest absolute Gasteiger partial charge is 0.467 e. The lowest BCUT2D eigenvalue weighted by molar-refractivity contribution is -0.146. The summed E-state index contributed by atoms with van der Waals surface area (Å²) in [5.74, 6) is -0.165. The van der Waals surface area contributed by atoms with Crippen LogP contribution in [0, 0.1) is 0 Å². The number of benzene rings is 1. The lowest BCUT2D eigenvalue weighted by Crippen LogP contribution is -2.54. The first-order chi connectivity index (χ1) is 9.65. The van der Waals surface area contributed by atoms with Gasteiger partial charge in [0.05, 0.1) is 7.11 Å². The molecular formula is C15H19ClN2O2. The van der Waals surface area contributed by atoms with Gasteiger partial charge in [-0.2, -0.15) is 0 Å². The van der Waals surface area contributed by atoms with E-state index in [9.17, 15) is 4.79 Å². The number of carbonyl (C=O) groups is 1. The number of ether oxygens (including phenoxy) is 1. The molecule has 1 aromatic carbocycles. The van der Waals surface area contributed by atoms with Crippen LogP contribution in [0.1, 0.15) is 19.3 Å². The van der Waals surface area contributed by atoms with E-state index < -0.39 is 5.54 Å². The lowest BCUT2D eigenvalue weighted by Gasteiger charge is -2.34. The van der Waals surface area contributed by atoms with Crippen molar-refractivity contribution < 1.29 is 9.53 Å². The molecule has 108 valence electrons. The summed E-state index contributed by atoms with van der Waals surface area (Å²) < 4.78 is 5.09. The number of hydrogen-bond acceptors (Lipinski definition) is 4. The molecular weight excluding hydrogens is 276 g/mol. The van der Waals surface area contributed by atoms with Crippen LogP contribution in [0.3, 0.4) is 0 Å². The number of nitrogens with one attached hydrogen (secondary N) is 1. The monoisotopic (exact) mass is 294 g/mol. The van der Waals surface area contributed by atoms with Gasteiger partial charge in [-0.05, 0) is 50.1 Å². The first-order valence-corrected chi connectivity index (χ1v) is 7.40. The maximum atomic E-state index is 12.4. The van der Waals surface area contributed by atoms with Crippen LogP contribution in [0.25, 0.3) is 0 Å². The third-order valence-corrected chi connectivity index (χ3v) is 4.74. The van der Waals surface area contributed by atoms with Crippen molar-refractivity contribution in [1.82, 2.24) is 4.90 Å². The summed E-state index contributed by atoms with van der Waals surface area (Å²) in [5.41, 5.74) is 0.285. The van der Waals surface area contributed by atoms with Crippen molar-refractivity contribution in [2.45, 2.75) is 30.8 Å². The SMILES string of the molecule is COC(=O)C1(Nc2ccc(Cl)cc2)CCN2CCCC21. The Bertz CT molecular complexity index is 505. The van der Waals surface area contributed by atoms with E-state index in [0.29, 0.717) is 5.02 Å². The molecule has 2 saturated heterocycles. The van der Waals surface area contributed by atoms with Crippen LogP contribution in [-0.4, -0.2) is 42.6 Å². The highest BCUT2D eigenvalue weighted by molar-refractivity contribution is 6.30. The Morgan fingerprint density at radius 1 is 1.40 bits per heavy atom. The fraction of sp³-hybridized carbons (Fsp3) is 0.533. The number of hydrogen-bond donors (Lipinski definition) is 1. The second kappa shape index (κ2) is 5.26. The molecule has 0 radical (unpaired) electrons. The molecule has 0 saturated carbocycles. The van der Waals surface area contributed by atoms with Crippen molar-refractivity contribution in [3.8, 4) is 0 Å². The molecule has 1 N–H and O–H groups in total. The minimum atomic E-state index is -0.626. The Morgan fingerprint density at radius 2 is 2.15 bits per heavy atom. The molecule has 20 heavy (non-hydrogen) atoms. The molecule has 2 fully saturated rings. The third kappa shape index (κ3) is 2.17. The molecule has 0 spiro atoms. The van der Waals surface area contributed by atoms with Gasteiger partial charge in [-0.25, -0.2) is 4.79 Å². The van der Waals surface area contributed by atoms with E-state index in [1.165, 1.54) is 7.11 Å². The average Bonchev–Trinajstić information content (AvgIpc) is 3.05. The van der Waals surface area contributed by atoms with Crippen LogP contribution in [0.5, 0.6) is 0 Å². The highest BCUT2D eigenvalue weighted by Crippen LogP contribution is 2.39. The van der Waals surface area contributed by atoms with Gasteiger partial charge in [0.15, 0.2) is 5.54 Å². The summed E-state index contributed by atoms with van der Waals surface area (Å²) in [6, 6.07) is 7.70. The lowest BCUT2D eigenvalue weighted by atomic mass is 9.88. The number of esters is 1. The van der Waals surface area contributed by atoms with Crippen LogP contribution >= 0.6 is 11.6 Å². The van der Waals surface area contributed by atoms with Gasteiger partial charge >= 0.3 is 5.97 Å². The molecule has 0 bridgehead atoms. The molecule has 2 aliphatic heterocycles. The first kappa shape index (κ1) is 13.7. The fourth-order valence-electron chi connectivity index (χ4n) is 3.55. The molecule has 0 aromatic heterocycles. The quantitative estimate of drug-likeness (QED) is 0.870. The fourth-order valence-corrected chi connectivity index (χ4v) is 3.67. The highest BCUT2D eigenvalue weighted by atomic mass is 35.5. The Kier molecular flexibility index (Phi) is 3.61. The number of rotatable bonds is 3. The number of nitrogens with zero attached hydrogens (tertiary/aromatic N) is 1. The number of fused-ring (bicyclic) bond motifs is 1. The molecule has 3 rings (SSSR count). The molecule has 2 unspecified atom stereocenters. The van der Waals surface area contributed by atoms with Crippen molar-refractivity contribution >= 4 is 23.3 Å². The van der Waals surface area contributed by atoms with Crippen molar-refractivity contribution in [3.05, 3.63) is 29.3 Å². The minimum absolute atomic E-state index is 0.165. The molecule has 4 nitrogen and oxygen atoms in total. The standard InChI is InChI=1S/C15H19ClN2O2/c1-20-14(19)15(8-10-18-9-2-3-13(15)18)17-12-6-4-11(16)5-7-12/h4-7,13,17H,2-3,8-10H2,1H3. The summed E-state index contributed by atoms with van der Waals surface area (Å²) in [4.78, 5) is 14.8. The van der Waals surface area contributed by atoms with Crippen LogP contribution in [0.4, 0.5) is 5.69 Å². The Balaban J connectivity index is 1.90. The summed E-state index contributed by atoms with van der Waals surface area (Å²) in [6.07, 6.45) is 2.97. The normalized spacial score (nSPS) is 29.2. The molecule has 2 heterocycles. The van der Waals surface area contributed by atoms with Gasteiger partial charge in [0.25, 0.3) is 0 Å². The van der Waals surface area contributed by atoms with Crippen molar-refractivity contribution in [2.24, 2.45) is 0 Å². The predicted molar refractivity (Wildman–Crippen MR) is 79.0 cm³/mol. The summed E-state index contributed by atoms with van der Waals surface area (Å²) in [7, 11) is 1.46. The maximum Gasteiger partial charge on any atom is 0.333 e. The molecule has 0 amide bonds. The third-order valence-electron chi connectivity index (χ3n) is 4.49. The van der Waals surface area contributed by atoms with Gasteiger partial charge in [0.1, 0.15) is 0 Å². The first-order valence-electron chi connectivity index (χ1n) is 7.02. The van der Waals surface area contributed by atoms with E-state index in [1.54, 1.807) is 0 Å². The van der Waals surface area contributed by atoms with Crippen molar-refractivity contribution in [2.75, 3.05) is 25.5 Å². The van der Waals surface area contributed by atoms with Crippen molar-refractivity contribution in [3.63, 3.8) is 0 Å². The van der Waals surface area contributed by atoms with Gasteiger partial charge in [-0.15, -0.1) is 0 Å². The zero-order chi connectivity index (χ0) is 14.2. The smallest absolute Gasteiger partial charge is 0.333 e. The van der Waals surface area contributed by atoms with Crippen LogP contribution < -0.4 is 5.32 Å². The maximum absolute atomic E-state index is 12.4. The summed E-state index contributed by atoms with van der Waals surface area (Å²) in [5, 5.41) is 4.12. The van der Waals surface area contributed by atoms with Crippen LogP contribution in [0.2, 0.25) is 5.02 Å². The highest BCUT2D eigenvalue weighted by Gasteiger charge is 2.55. The van der Waals surface area contributed by atoms with E-state index >= 15 is 0 Å². The van der Waals surface area contributed by atoms with Crippen LogP contribution in [0.15, 0.2) is 24.3 Å². The number of carbonyl (C=O) groups excluding carboxylic acids is 1. The molecule has 2 atom stereocenters. The van der Waals surface area contributed by atoms with Gasteiger partial charge < -0.3 is 10.1 Å². The van der Waals surface area contributed by atoms with E-state index in [2.05, 4.69) is 10.2 Å². The average molecular weight is 295 g/mol. The molecule has 1 aromatic rings. The number of halogens is 1. The second-order valence-corrected chi connectivity index (χ2v) is 5.98. The van der Waals surface area contributed by atoms with Crippen LogP contribution in [-0.2, 0) is 9.53 Å². The van der Waals surface area contributed by atoms with Gasteiger partial charge in [0, 0.05) is 23.3 Å². The molecule has 5 heteroatoms. The van der Waals surface area contributed by atoms with Gasteiger partial charge in [0.2, 0.25) is 0 Å². The van der Waals surface area contributed by atoms with E-state index in [0.717, 1.165) is 38.0 Å².